The van der Waals surface area contributed by atoms with Gasteiger partial charge in [0, 0.05) is 24.5 Å². The molecule has 4 nitrogen and oxygen atoms in total. The predicted octanol–water partition coefficient (Wildman–Crippen LogP) is 1.27. The number of nitrogens with zero attached hydrogens (tertiary/aromatic N) is 1. The number of H-pyrrole nitrogens is 1. The van der Waals surface area contributed by atoms with Crippen LogP contribution in [0.15, 0.2) is 34.1 Å². The third-order valence-corrected chi connectivity index (χ3v) is 2.40. The van der Waals surface area contributed by atoms with Crippen molar-refractivity contribution in [2.75, 3.05) is 0 Å². The van der Waals surface area contributed by atoms with Crippen molar-refractivity contribution in [3.05, 3.63) is 45.1 Å². The van der Waals surface area contributed by atoms with Crippen molar-refractivity contribution >= 4 is 10.9 Å². The average Bonchev–Trinajstić information content (AvgIpc) is 2.19. The normalized spacial score (nSPS) is 11.1. The lowest BCUT2D eigenvalue weighted by atomic mass is 10.2. The molecule has 0 bridgehead atoms. The minimum atomic E-state index is -0.153. The molecule has 0 aliphatic rings. The fourth-order valence-electron chi connectivity index (χ4n) is 1.59. The van der Waals surface area contributed by atoms with E-state index >= 15 is 0 Å². The summed E-state index contributed by atoms with van der Waals surface area (Å²) in [7, 11) is 0. The Morgan fingerprint density at radius 1 is 1.27 bits per heavy atom. The molecule has 0 amide bonds. The molecule has 0 fully saturated rings. The number of rotatable bonds is 1. The summed E-state index contributed by atoms with van der Waals surface area (Å²) in [6.45, 7) is 3.85. The zero-order valence-electron chi connectivity index (χ0n) is 8.65. The summed E-state index contributed by atoms with van der Waals surface area (Å²) < 4.78 is 1.60. The van der Waals surface area contributed by atoms with Crippen molar-refractivity contribution in [3.8, 4) is 0 Å². The van der Waals surface area contributed by atoms with Crippen LogP contribution in [0.3, 0.4) is 0 Å². The van der Waals surface area contributed by atoms with E-state index in [-0.39, 0.29) is 17.0 Å². The molecule has 2 aromatic heterocycles. The number of pyridine rings is 2. The van der Waals surface area contributed by atoms with E-state index in [1.54, 1.807) is 16.8 Å². The molecule has 0 aliphatic heterocycles. The Labute approximate surface area is 86.2 Å². The Bertz CT molecular complexity index is 608. The van der Waals surface area contributed by atoms with Gasteiger partial charge in [0.15, 0.2) is 5.43 Å². The number of fused-ring (bicyclic) bond motifs is 1. The molecule has 2 aromatic rings. The van der Waals surface area contributed by atoms with Gasteiger partial charge in [0.2, 0.25) is 0 Å². The molecule has 15 heavy (non-hydrogen) atoms. The Morgan fingerprint density at radius 3 is 2.67 bits per heavy atom. The maximum Gasteiger partial charge on any atom is 0.275 e. The number of nitrogens with one attached hydrogen (secondary N) is 1. The van der Waals surface area contributed by atoms with Crippen LogP contribution in [-0.4, -0.2) is 9.55 Å². The minimum Gasteiger partial charge on any atom is -0.356 e. The highest BCUT2D eigenvalue weighted by Crippen LogP contribution is 2.04. The van der Waals surface area contributed by atoms with E-state index < -0.39 is 0 Å². The van der Waals surface area contributed by atoms with E-state index in [0.29, 0.717) is 10.9 Å². The molecule has 4 heteroatoms. The minimum absolute atomic E-state index is 0.0885. The lowest BCUT2D eigenvalue weighted by molar-refractivity contribution is 0.582. The van der Waals surface area contributed by atoms with E-state index in [0.717, 1.165) is 0 Å². The number of hydrogen-bond donors (Lipinski definition) is 1. The number of aromatic nitrogens is 2. The van der Waals surface area contributed by atoms with Crippen LogP contribution >= 0.6 is 0 Å². The second kappa shape index (κ2) is 3.38. The van der Waals surface area contributed by atoms with Gasteiger partial charge in [-0.05, 0) is 19.9 Å². The van der Waals surface area contributed by atoms with Gasteiger partial charge in [0.25, 0.3) is 5.56 Å². The zero-order chi connectivity index (χ0) is 11.0. The molecule has 1 N–H and O–H groups in total. The molecule has 0 atom stereocenters. The first-order chi connectivity index (χ1) is 7.11. The summed E-state index contributed by atoms with van der Waals surface area (Å²) in [6, 6.07) is 3.18. The summed E-state index contributed by atoms with van der Waals surface area (Å²) in [6.07, 6.45) is 3.15. The highest BCUT2D eigenvalue weighted by molar-refractivity contribution is 5.76. The van der Waals surface area contributed by atoms with E-state index in [9.17, 15) is 9.59 Å². The van der Waals surface area contributed by atoms with Crippen LogP contribution in [-0.2, 0) is 0 Å². The van der Waals surface area contributed by atoms with Crippen LogP contribution < -0.4 is 11.0 Å². The summed E-state index contributed by atoms with van der Waals surface area (Å²) in [5.74, 6) is 0. The van der Waals surface area contributed by atoms with Crippen LogP contribution in [0, 0.1) is 0 Å². The van der Waals surface area contributed by atoms with Crippen molar-refractivity contribution in [2.24, 2.45) is 0 Å². The Kier molecular flexibility index (Phi) is 2.19. The summed E-state index contributed by atoms with van der Waals surface area (Å²) >= 11 is 0. The highest BCUT2D eigenvalue weighted by Gasteiger charge is 2.06. The maximum atomic E-state index is 11.9. The molecule has 78 valence electrons. The van der Waals surface area contributed by atoms with E-state index in [2.05, 4.69) is 4.98 Å². The largest absolute Gasteiger partial charge is 0.356 e. The van der Waals surface area contributed by atoms with E-state index in [1.165, 1.54) is 12.3 Å². The molecular weight excluding hydrogens is 192 g/mol. The van der Waals surface area contributed by atoms with Gasteiger partial charge >= 0.3 is 0 Å². The molecular formula is C11H12N2O2. The maximum absolute atomic E-state index is 11.9. The van der Waals surface area contributed by atoms with Gasteiger partial charge in [0.1, 0.15) is 5.52 Å². The Balaban J connectivity index is 2.93. The summed E-state index contributed by atoms with van der Waals surface area (Å²) in [5, 5.41) is 0.444. The Morgan fingerprint density at radius 2 is 2.00 bits per heavy atom. The molecule has 0 saturated heterocycles. The lowest BCUT2D eigenvalue weighted by Gasteiger charge is -2.09. The molecule has 2 rings (SSSR count). The molecule has 0 unspecified atom stereocenters. The predicted molar refractivity (Wildman–Crippen MR) is 59.2 cm³/mol. The topological polar surface area (TPSA) is 54.9 Å². The lowest BCUT2D eigenvalue weighted by Crippen LogP contribution is -2.23. The van der Waals surface area contributed by atoms with E-state index in [1.807, 2.05) is 13.8 Å². The van der Waals surface area contributed by atoms with Gasteiger partial charge in [-0.25, -0.2) is 0 Å². The third-order valence-electron chi connectivity index (χ3n) is 2.40. The molecule has 0 aliphatic carbocycles. The van der Waals surface area contributed by atoms with Crippen LogP contribution in [0.4, 0.5) is 0 Å². The second-order valence-corrected chi connectivity index (χ2v) is 3.75. The van der Waals surface area contributed by atoms with Crippen molar-refractivity contribution in [1.29, 1.82) is 0 Å². The van der Waals surface area contributed by atoms with Gasteiger partial charge in [-0.1, -0.05) is 0 Å². The summed E-state index contributed by atoms with van der Waals surface area (Å²) in [4.78, 5) is 26.2. The third kappa shape index (κ3) is 1.48. The highest BCUT2D eigenvalue weighted by atomic mass is 16.1. The smallest absolute Gasteiger partial charge is 0.275 e. The Hall–Kier alpha value is -1.84. The van der Waals surface area contributed by atoms with Gasteiger partial charge in [-0.2, -0.15) is 0 Å². The zero-order valence-corrected chi connectivity index (χ0v) is 8.65. The molecule has 0 saturated carbocycles. The number of aromatic amines is 1. The summed E-state index contributed by atoms with van der Waals surface area (Å²) in [5.41, 5.74) is 0.0932. The van der Waals surface area contributed by atoms with Crippen LogP contribution in [0.1, 0.15) is 19.9 Å². The molecule has 0 aromatic carbocycles. The average molecular weight is 204 g/mol. The number of hydrogen-bond acceptors (Lipinski definition) is 2. The molecule has 0 radical (unpaired) electrons. The van der Waals surface area contributed by atoms with Gasteiger partial charge in [0.05, 0.1) is 5.39 Å². The first-order valence-corrected chi connectivity index (χ1v) is 4.84. The fraction of sp³-hybridized carbons (Fsp3) is 0.273. The van der Waals surface area contributed by atoms with Crippen LogP contribution in [0.25, 0.3) is 10.9 Å². The van der Waals surface area contributed by atoms with Crippen molar-refractivity contribution in [3.63, 3.8) is 0 Å². The van der Waals surface area contributed by atoms with Crippen LogP contribution in [0.5, 0.6) is 0 Å². The van der Waals surface area contributed by atoms with Crippen molar-refractivity contribution in [1.82, 2.24) is 9.55 Å². The van der Waals surface area contributed by atoms with Gasteiger partial charge < -0.3 is 9.55 Å². The molecule has 0 spiro atoms. The quantitative estimate of drug-likeness (QED) is 0.760. The second-order valence-electron chi connectivity index (χ2n) is 3.75. The van der Waals surface area contributed by atoms with Gasteiger partial charge in [-0.3, -0.25) is 9.59 Å². The van der Waals surface area contributed by atoms with E-state index in [4.69, 9.17) is 0 Å². The fourth-order valence-corrected chi connectivity index (χ4v) is 1.59. The monoisotopic (exact) mass is 204 g/mol. The van der Waals surface area contributed by atoms with Crippen molar-refractivity contribution < 1.29 is 0 Å². The van der Waals surface area contributed by atoms with Crippen molar-refractivity contribution in [2.45, 2.75) is 19.9 Å². The van der Waals surface area contributed by atoms with Gasteiger partial charge in [-0.15, -0.1) is 0 Å². The standard InChI is InChI=1S/C11H12N2O2/c1-7(2)13-6-4-8-9(14)3-5-12-10(8)11(13)15/h3-7H,1-2H3,(H,12,14). The first kappa shape index (κ1) is 9.71. The first-order valence-electron chi connectivity index (χ1n) is 4.84. The van der Waals surface area contributed by atoms with Crippen LogP contribution in [0.2, 0.25) is 0 Å². The molecule has 2 heterocycles. The SMILES string of the molecule is CC(C)n1ccc2c(=O)cc[nH]c2c1=O.